The average molecular weight is 601 g/mol. The second kappa shape index (κ2) is 10.4. The van der Waals surface area contributed by atoms with Crippen LogP contribution in [0.15, 0.2) is 79.4 Å². The minimum absolute atomic E-state index is 0.129. The lowest BCUT2D eigenvalue weighted by molar-refractivity contribution is -0.142. The van der Waals surface area contributed by atoms with Gasteiger partial charge in [-0.25, -0.2) is 9.78 Å². The number of para-hydroxylation sites is 1. The summed E-state index contributed by atoms with van der Waals surface area (Å²) in [6.45, 7) is -0.348. The zero-order valence-electron chi connectivity index (χ0n) is 19.1. The summed E-state index contributed by atoms with van der Waals surface area (Å²) in [4.78, 5) is 29.5. The summed E-state index contributed by atoms with van der Waals surface area (Å²) >= 11 is 16.1. The summed E-state index contributed by atoms with van der Waals surface area (Å²) in [5, 5.41) is 5.95. The Hall–Kier alpha value is -3.66. The van der Waals surface area contributed by atoms with Gasteiger partial charge in [0.15, 0.2) is 18.1 Å². The van der Waals surface area contributed by atoms with Gasteiger partial charge in [-0.3, -0.25) is 4.79 Å². The van der Waals surface area contributed by atoms with E-state index in [4.69, 9.17) is 32.4 Å². The molecule has 3 aromatic carbocycles. The summed E-state index contributed by atoms with van der Waals surface area (Å²) in [7, 11) is 1.25. The highest BCUT2D eigenvalue weighted by Crippen LogP contribution is 2.34. The number of carbonyl (C=O) groups is 1. The van der Waals surface area contributed by atoms with E-state index in [9.17, 15) is 9.59 Å². The zero-order valence-corrected chi connectivity index (χ0v) is 22.2. The molecule has 0 bridgehead atoms. The first-order valence-electron chi connectivity index (χ1n) is 10.8. The molecule has 0 spiro atoms. The number of benzene rings is 3. The van der Waals surface area contributed by atoms with Gasteiger partial charge in [-0.2, -0.15) is 9.78 Å². The van der Waals surface area contributed by atoms with Crippen molar-refractivity contribution in [2.75, 3.05) is 13.7 Å². The molecule has 0 unspecified atom stereocenters. The molecule has 0 N–H and O–H groups in total. The number of rotatable bonds is 6. The molecule has 5 rings (SSSR count). The van der Waals surface area contributed by atoms with Crippen LogP contribution in [0.1, 0.15) is 5.56 Å². The lowest BCUT2D eigenvalue weighted by Gasteiger charge is -2.10. The molecule has 2 aromatic heterocycles. The number of nitrogens with zero attached hydrogens (tertiary/aromatic N) is 3. The summed E-state index contributed by atoms with van der Waals surface area (Å²) in [5.41, 5.74) is 1.25. The topological polar surface area (TPSA) is 95.9 Å². The van der Waals surface area contributed by atoms with Crippen molar-refractivity contribution < 1.29 is 18.7 Å². The van der Waals surface area contributed by atoms with Crippen LogP contribution < -0.4 is 10.3 Å². The van der Waals surface area contributed by atoms with Gasteiger partial charge in [-0.15, -0.1) is 0 Å². The molecule has 0 saturated heterocycles. The zero-order chi connectivity index (χ0) is 26.1. The molecule has 0 saturated carbocycles. The van der Waals surface area contributed by atoms with Crippen molar-refractivity contribution in [3.63, 3.8) is 0 Å². The van der Waals surface area contributed by atoms with Crippen LogP contribution in [0.2, 0.25) is 10.0 Å². The first kappa shape index (κ1) is 25.0. The van der Waals surface area contributed by atoms with Crippen LogP contribution in [0.4, 0.5) is 0 Å². The monoisotopic (exact) mass is 599 g/mol. The van der Waals surface area contributed by atoms with Crippen LogP contribution in [-0.4, -0.2) is 35.6 Å². The quantitative estimate of drug-likeness (QED) is 0.167. The minimum Gasteiger partial charge on any atom is -0.479 e. The third kappa shape index (κ3) is 5.11. The molecule has 37 heavy (non-hydrogen) atoms. The van der Waals surface area contributed by atoms with Crippen LogP contribution in [0.3, 0.4) is 0 Å². The fraction of sp³-hybridized carbons (Fsp3) is 0.0769. The van der Waals surface area contributed by atoms with Gasteiger partial charge in [0.05, 0.1) is 34.3 Å². The van der Waals surface area contributed by atoms with Gasteiger partial charge in [0.2, 0.25) is 5.82 Å². The Morgan fingerprint density at radius 1 is 1.14 bits per heavy atom. The Morgan fingerprint density at radius 3 is 2.65 bits per heavy atom. The van der Waals surface area contributed by atoms with Crippen LogP contribution in [0.25, 0.3) is 33.5 Å². The third-order valence-corrected chi connectivity index (χ3v) is 6.41. The van der Waals surface area contributed by atoms with E-state index >= 15 is 0 Å². The lowest BCUT2D eigenvalue weighted by atomic mass is 10.2. The Balaban J connectivity index is 1.59. The maximum absolute atomic E-state index is 13.4. The predicted octanol–water partition coefficient (Wildman–Crippen LogP) is 6.31. The predicted molar refractivity (Wildman–Crippen MR) is 146 cm³/mol. The first-order chi connectivity index (χ1) is 17.8. The number of methoxy groups -OCH3 is 1. The van der Waals surface area contributed by atoms with Crippen molar-refractivity contribution >= 4 is 73.2 Å². The van der Waals surface area contributed by atoms with E-state index in [0.717, 1.165) is 9.86 Å². The number of esters is 1. The van der Waals surface area contributed by atoms with E-state index in [1.54, 1.807) is 42.5 Å². The summed E-state index contributed by atoms with van der Waals surface area (Å²) in [6.07, 6.45) is 1.42. The van der Waals surface area contributed by atoms with Gasteiger partial charge in [0.25, 0.3) is 5.56 Å². The minimum atomic E-state index is -0.577. The number of halogens is 3. The smallest absolute Gasteiger partial charge is 0.343 e. The SMILES string of the molecule is COC(=O)COc1c(Cl)cc(C=Nn2c(-c3cc4cc(Br)ccc4o3)nc3ccccc3c2=O)cc1Cl. The fourth-order valence-corrected chi connectivity index (χ4v) is 4.61. The molecule has 2 heterocycles. The Morgan fingerprint density at radius 2 is 1.89 bits per heavy atom. The van der Waals surface area contributed by atoms with E-state index in [2.05, 4.69) is 30.8 Å². The highest BCUT2D eigenvalue weighted by molar-refractivity contribution is 9.10. The molecular weight excluding hydrogens is 585 g/mol. The van der Waals surface area contributed by atoms with Gasteiger partial charge < -0.3 is 13.9 Å². The molecule has 0 radical (unpaired) electrons. The van der Waals surface area contributed by atoms with Gasteiger partial charge in [-0.1, -0.05) is 51.3 Å². The third-order valence-electron chi connectivity index (χ3n) is 5.36. The maximum Gasteiger partial charge on any atom is 0.343 e. The van der Waals surface area contributed by atoms with E-state index in [-0.39, 0.29) is 33.8 Å². The van der Waals surface area contributed by atoms with Crippen LogP contribution in [0.5, 0.6) is 5.75 Å². The normalized spacial score (nSPS) is 11.5. The lowest BCUT2D eigenvalue weighted by Crippen LogP contribution is -2.20. The molecule has 0 aliphatic rings. The summed E-state index contributed by atoms with van der Waals surface area (Å²) < 4.78 is 18.0. The highest BCUT2D eigenvalue weighted by atomic mass is 79.9. The molecule has 8 nitrogen and oxygen atoms in total. The standard InChI is InChI=1S/C26H16BrCl2N3O5/c1-35-23(33)13-36-24-18(28)8-14(9-19(24)29)12-30-32-25(31-20-5-3-2-4-17(20)26(32)34)22-11-15-10-16(27)6-7-21(15)37-22/h2-12H,13H2,1H3. The number of ether oxygens (including phenoxy) is 2. The number of hydrogen-bond acceptors (Lipinski definition) is 7. The largest absolute Gasteiger partial charge is 0.479 e. The van der Waals surface area contributed by atoms with Gasteiger partial charge in [0.1, 0.15) is 5.58 Å². The van der Waals surface area contributed by atoms with E-state index < -0.39 is 5.97 Å². The summed E-state index contributed by atoms with van der Waals surface area (Å²) in [6, 6.07) is 17.5. The first-order valence-corrected chi connectivity index (χ1v) is 12.3. The number of fused-ring (bicyclic) bond motifs is 2. The second-order valence-electron chi connectivity index (χ2n) is 7.79. The maximum atomic E-state index is 13.4. The van der Waals surface area contributed by atoms with Crippen molar-refractivity contribution in [1.29, 1.82) is 0 Å². The summed E-state index contributed by atoms with van der Waals surface area (Å²) in [5.74, 6) is 0.147. The average Bonchev–Trinajstić information content (AvgIpc) is 3.30. The highest BCUT2D eigenvalue weighted by Gasteiger charge is 2.17. The van der Waals surface area contributed by atoms with Crippen LogP contribution in [0, 0.1) is 0 Å². The molecule has 5 aromatic rings. The van der Waals surface area contributed by atoms with Crippen LogP contribution >= 0.6 is 39.1 Å². The Kier molecular flexibility index (Phi) is 7.01. The van der Waals surface area contributed by atoms with Gasteiger partial charge in [-0.05, 0) is 54.1 Å². The fourth-order valence-electron chi connectivity index (χ4n) is 3.62. The Labute approximate surface area is 228 Å². The van der Waals surface area contributed by atoms with Crippen LogP contribution in [-0.2, 0) is 9.53 Å². The van der Waals surface area contributed by atoms with Gasteiger partial charge in [0, 0.05) is 9.86 Å². The van der Waals surface area contributed by atoms with Gasteiger partial charge >= 0.3 is 5.97 Å². The van der Waals surface area contributed by atoms with Crippen molar-refractivity contribution in [1.82, 2.24) is 9.66 Å². The molecular formula is C26H16BrCl2N3O5. The number of furan rings is 1. The molecule has 11 heteroatoms. The van der Waals surface area contributed by atoms with E-state index in [1.165, 1.54) is 18.0 Å². The number of aromatic nitrogens is 2. The number of hydrogen-bond donors (Lipinski definition) is 0. The van der Waals surface area contributed by atoms with Crippen molar-refractivity contribution in [2.24, 2.45) is 5.10 Å². The molecule has 0 amide bonds. The molecule has 0 fully saturated rings. The molecule has 0 aliphatic carbocycles. The van der Waals surface area contributed by atoms with Crippen molar-refractivity contribution in [3.8, 4) is 17.3 Å². The molecule has 0 aliphatic heterocycles. The van der Waals surface area contributed by atoms with Crippen molar-refractivity contribution in [3.05, 3.63) is 91.1 Å². The number of carbonyl (C=O) groups excluding carboxylic acids is 1. The Bertz CT molecular complexity index is 1740. The van der Waals surface area contributed by atoms with E-state index in [1.807, 2.05) is 18.2 Å². The van der Waals surface area contributed by atoms with Crippen molar-refractivity contribution in [2.45, 2.75) is 0 Å². The second-order valence-corrected chi connectivity index (χ2v) is 9.52. The molecule has 186 valence electrons. The molecule has 0 atom stereocenters. The van der Waals surface area contributed by atoms with E-state index in [0.29, 0.717) is 27.8 Å².